The molecule has 0 aliphatic carbocycles. The third kappa shape index (κ3) is 3.00. The predicted molar refractivity (Wildman–Crippen MR) is 94.4 cm³/mol. The van der Waals surface area contributed by atoms with Crippen LogP contribution >= 0.6 is 0 Å². The van der Waals surface area contributed by atoms with E-state index in [1.165, 1.54) is 13.2 Å². The van der Waals surface area contributed by atoms with Crippen LogP contribution in [0.1, 0.15) is 28.9 Å². The van der Waals surface area contributed by atoms with Crippen LogP contribution in [0, 0.1) is 13.8 Å². The largest absolute Gasteiger partial charge is 0.497 e. The zero-order chi connectivity index (χ0) is 18.1. The van der Waals surface area contributed by atoms with E-state index in [1.807, 2.05) is 20.8 Å². The molecular weight excluding hydrogens is 322 g/mol. The summed E-state index contributed by atoms with van der Waals surface area (Å²) in [6.07, 6.45) is 0. The van der Waals surface area contributed by atoms with E-state index in [-0.39, 0.29) is 11.2 Å². The fourth-order valence-electron chi connectivity index (χ4n) is 2.74. The molecule has 0 bridgehead atoms. The lowest BCUT2D eigenvalue weighted by Gasteiger charge is -2.07. The Kier molecular flexibility index (Phi) is 4.31. The van der Waals surface area contributed by atoms with Gasteiger partial charge >= 0.3 is 0 Å². The van der Waals surface area contributed by atoms with Gasteiger partial charge in [-0.2, -0.15) is 5.10 Å². The number of hydrogen-bond donors (Lipinski definition) is 1. The number of ether oxygens (including phenoxy) is 1. The summed E-state index contributed by atoms with van der Waals surface area (Å²) >= 11 is 0. The number of anilines is 1. The number of methoxy groups -OCH3 is 1. The minimum Gasteiger partial charge on any atom is -0.497 e. The number of carbonyl (C=O) groups excluding carboxylic acids is 1. The molecule has 3 aromatic rings. The number of benzene rings is 1. The minimum atomic E-state index is -0.497. The molecule has 0 radical (unpaired) electrons. The molecule has 0 saturated heterocycles. The molecule has 0 aliphatic rings. The monoisotopic (exact) mass is 341 g/mol. The molecule has 1 aromatic carbocycles. The second-order valence-corrected chi connectivity index (χ2v) is 5.65. The molecule has 0 fully saturated rings. The SMILES string of the molecule is CCn1nc(C)c(NC(=O)c2cc(=O)c3ccc(OC)cc3o2)c1C. The number of amides is 1. The second kappa shape index (κ2) is 6.43. The van der Waals surface area contributed by atoms with Crippen molar-refractivity contribution in [3.05, 3.63) is 51.6 Å². The Morgan fingerprint density at radius 3 is 2.72 bits per heavy atom. The Hall–Kier alpha value is -3.09. The van der Waals surface area contributed by atoms with E-state index in [2.05, 4.69) is 10.4 Å². The first kappa shape index (κ1) is 16.8. The molecule has 7 heteroatoms. The summed E-state index contributed by atoms with van der Waals surface area (Å²) in [6, 6.07) is 6.06. The van der Waals surface area contributed by atoms with Crippen molar-refractivity contribution in [3.63, 3.8) is 0 Å². The average molecular weight is 341 g/mol. The molecule has 0 unspecified atom stereocenters. The number of fused-ring (bicyclic) bond motifs is 1. The summed E-state index contributed by atoms with van der Waals surface area (Å²) in [6.45, 7) is 6.37. The van der Waals surface area contributed by atoms with Gasteiger partial charge in [0.05, 0.1) is 29.6 Å². The quantitative estimate of drug-likeness (QED) is 0.788. The molecular formula is C18H19N3O4. The van der Waals surface area contributed by atoms with E-state index in [0.29, 0.717) is 34.6 Å². The van der Waals surface area contributed by atoms with Gasteiger partial charge in [0.1, 0.15) is 11.3 Å². The molecule has 0 aliphatic heterocycles. The van der Waals surface area contributed by atoms with Crippen molar-refractivity contribution in [2.45, 2.75) is 27.3 Å². The molecule has 2 aromatic heterocycles. The number of aromatic nitrogens is 2. The second-order valence-electron chi connectivity index (χ2n) is 5.65. The van der Waals surface area contributed by atoms with Crippen molar-refractivity contribution in [3.8, 4) is 5.75 Å². The van der Waals surface area contributed by atoms with Crippen LogP contribution in [0.5, 0.6) is 5.75 Å². The van der Waals surface area contributed by atoms with Crippen LogP contribution in [0.15, 0.2) is 33.5 Å². The zero-order valence-corrected chi connectivity index (χ0v) is 14.5. The van der Waals surface area contributed by atoms with Crippen LogP contribution in [0.2, 0.25) is 0 Å². The highest BCUT2D eigenvalue weighted by atomic mass is 16.5. The molecule has 7 nitrogen and oxygen atoms in total. The van der Waals surface area contributed by atoms with Crippen molar-refractivity contribution >= 4 is 22.6 Å². The van der Waals surface area contributed by atoms with Crippen LogP contribution in [0.3, 0.4) is 0 Å². The number of carbonyl (C=O) groups is 1. The van der Waals surface area contributed by atoms with E-state index < -0.39 is 5.91 Å². The first-order valence-corrected chi connectivity index (χ1v) is 7.91. The molecule has 0 atom stereocenters. The number of nitrogens with zero attached hydrogens (tertiary/aromatic N) is 2. The van der Waals surface area contributed by atoms with E-state index in [9.17, 15) is 9.59 Å². The molecule has 25 heavy (non-hydrogen) atoms. The van der Waals surface area contributed by atoms with Gasteiger partial charge in [0, 0.05) is 18.7 Å². The summed E-state index contributed by atoms with van der Waals surface area (Å²) in [5, 5.41) is 7.53. The smallest absolute Gasteiger partial charge is 0.291 e. The Balaban J connectivity index is 2.00. The highest BCUT2D eigenvalue weighted by Gasteiger charge is 2.17. The topological polar surface area (TPSA) is 86.4 Å². The summed E-state index contributed by atoms with van der Waals surface area (Å²) in [4.78, 5) is 24.8. The zero-order valence-electron chi connectivity index (χ0n) is 14.5. The number of rotatable bonds is 4. The van der Waals surface area contributed by atoms with Gasteiger partial charge in [-0.1, -0.05) is 0 Å². The van der Waals surface area contributed by atoms with Crippen molar-refractivity contribution in [2.24, 2.45) is 0 Å². The van der Waals surface area contributed by atoms with Gasteiger partial charge in [0.15, 0.2) is 11.2 Å². The molecule has 1 N–H and O–H groups in total. The van der Waals surface area contributed by atoms with Gasteiger partial charge in [0.25, 0.3) is 5.91 Å². The lowest BCUT2D eigenvalue weighted by atomic mass is 10.2. The van der Waals surface area contributed by atoms with E-state index >= 15 is 0 Å². The van der Waals surface area contributed by atoms with Crippen LogP contribution in [-0.2, 0) is 6.54 Å². The van der Waals surface area contributed by atoms with Crippen molar-refractivity contribution < 1.29 is 13.9 Å². The number of hydrogen-bond acceptors (Lipinski definition) is 5. The van der Waals surface area contributed by atoms with E-state index in [1.54, 1.807) is 22.9 Å². The first-order chi connectivity index (χ1) is 11.9. The summed E-state index contributed by atoms with van der Waals surface area (Å²) in [7, 11) is 1.52. The number of nitrogens with one attached hydrogen (secondary N) is 1. The standard InChI is InChI=1S/C18H19N3O4/c1-5-21-11(3)17(10(2)20-21)19-18(23)16-9-14(22)13-7-6-12(24-4)8-15(13)25-16/h6-9H,5H2,1-4H3,(H,19,23). The van der Waals surface area contributed by atoms with Gasteiger partial charge in [-0.05, 0) is 32.9 Å². The first-order valence-electron chi connectivity index (χ1n) is 7.91. The Bertz CT molecular complexity index is 1020. The Labute approximate surface area is 144 Å². The van der Waals surface area contributed by atoms with Crippen LogP contribution in [-0.4, -0.2) is 22.8 Å². The predicted octanol–water partition coefficient (Wildman–Crippen LogP) is 2.89. The van der Waals surface area contributed by atoms with Crippen molar-refractivity contribution in [2.75, 3.05) is 12.4 Å². The fraction of sp³-hybridized carbons (Fsp3) is 0.278. The molecule has 130 valence electrons. The van der Waals surface area contributed by atoms with Gasteiger partial charge in [-0.15, -0.1) is 0 Å². The normalized spacial score (nSPS) is 10.9. The van der Waals surface area contributed by atoms with Crippen LogP contribution < -0.4 is 15.5 Å². The van der Waals surface area contributed by atoms with Crippen molar-refractivity contribution in [1.29, 1.82) is 0 Å². The lowest BCUT2D eigenvalue weighted by Crippen LogP contribution is -2.16. The Morgan fingerprint density at radius 2 is 2.08 bits per heavy atom. The maximum Gasteiger partial charge on any atom is 0.291 e. The molecule has 2 heterocycles. The maximum absolute atomic E-state index is 12.6. The van der Waals surface area contributed by atoms with Crippen LogP contribution in [0.4, 0.5) is 5.69 Å². The highest BCUT2D eigenvalue weighted by molar-refractivity contribution is 6.03. The third-order valence-electron chi connectivity index (χ3n) is 4.08. The number of aryl methyl sites for hydroxylation is 2. The third-order valence-corrected chi connectivity index (χ3v) is 4.08. The Morgan fingerprint density at radius 1 is 1.32 bits per heavy atom. The maximum atomic E-state index is 12.6. The molecule has 0 saturated carbocycles. The van der Waals surface area contributed by atoms with E-state index in [4.69, 9.17) is 9.15 Å². The van der Waals surface area contributed by atoms with Gasteiger partial charge in [-0.25, -0.2) is 0 Å². The van der Waals surface area contributed by atoms with Crippen LogP contribution in [0.25, 0.3) is 11.0 Å². The highest BCUT2D eigenvalue weighted by Crippen LogP contribution is 2.22. The van der Waals surface area contributed by atoms with Gasteiger partial charge < -0.3 is 14.5 Å². The fourth-order valence-corrected chi connectivity index (χ4v) is 2.74. The van der Waals surface area contributed by atoms with Crippen molar-refractivity contribution in [1.82, 2.24) is 9.78 Å². The minimum absolute atomic E-state index is 0.0613. The summed E-state index contributed by atoms with van der Waals surface area (Å²) < 4.78 is 12.5. The molecule has 3 rings (SSSR count). The van der Waals surface area contributed by atoms with Gasteiger partial charge in [0.2, 0.25) is 0 Å². The average Bonchev–Trinajstić information content (AvgIpc) is 2.88. The summed E-state index contributed by atoms with van der Waals surface area (Å²) in [5.41, 5.74) is 2.19. The molecule has 0 spiro atoms. The summed E-state index contributed by atoms with van der Waals surface area (Å²) in [5.74, 6) is -0.0124. The van der Waals surface area contributed by atoms with E-state index in [0.717, 1.165) is 5.69 Å². The van der Waals surface area contributed by atoms with Gasteiger partial charge in [-0.3, -0.25) is 14.3 Å². The lowest BCUT2D eigenvalue weighted by molar-refractivity contribution is 0.0997. The molecule has 1 amide bonds.